The highest BCUT2D eigenvalue weighted by atomic mass is 32.2. The first kappa shape index (κ1) is 20.7. The molecule has 158 valence electrons. The summed E-state index contributed by atoms with van der Waals surface area (Å²) in [6.45, 7) is 9.01. The largest absolute Gasteiger partial charge is 0.467 e. The minimum absolute atomic E-state index is 0.0473. The molecule has 0 unspecified atom stereocenters. The number of furan rings is 1. The molecule has 1 saturated carbocycles. The molecular formula is C23H28N4O2S. The van der Waals surface area contributed by atoms with Gasteiger partial charge in [0.15, 0.2) is 11.0 Å². The van der Waals surface area contributed by atoms with Crippen LogP contribution in [-0.2, 0) is 16.8 Å². The van der Waals surface area contributed by atoms with Crippen molar-refractivity contribution < 1.29 is 9.21 Å². The summed E-state index contributed by atoms with van der Waals surface area (Å²) in [4.78, 5) is 12.4. The van der Waals surface area contributed by atoms with Crippen LogP contribution in [0.4, 0.5) is 0 Å². The molecule has 0 bridgehead atoms. The third-order valence-corrected chi connectivity index (χ3v) is 6.28. The molecule has 3 aromatic rings. The maximum atomic E-state index is 12.4. The van der Waals surface area contributed by atoms with Crippen molar-refractivity contribution >= 4 is 17.7 Å². The number of nitrogens with one attached hydrogen (secondary N) is 1. The van der Waals surface area contributed by atoms with Crippen LogP contribution in [0.5, 0.6) is 0 Å². The van der Waals surface area contributed by atoms with Gasteiger partial charge in [0.2, 0.25) is 5.91 Å². The van der Waals surface area contributed by atoms with Gasteiger partial charge in [0.05, 0.1) is 18.1 Å². The van der Waals surface area contributed by atoms with E-state index in [1.807, 2.05) is 23.6 Å². The van der Waals surface area contributed by atoms with E-state index >= 15 is 0 Å². The molecule has 1 aliphatic rings. The maximum absolute atomic E-state index is 12.4. The van der Waals surface area contributed by atoms with Crippen molar-refractivity contribution in [1.82, 2.24) is 20.1 Å². The average Bonchev–Trinajstić information content (AvgIpc) is 3.21. The molecule has 4 rings (SSSR count). The van der Waals surface area contributed by atoms with Crippen molar-refractivity contribution in [3.05, 3.63) is 54.0 Å². The van der Waals surface area contributed by atoms with E-state index in [9.17, 15) is 4.79 Å². The van der Waals surface area contributed by atoms with E-state index in [2.05, 4.69) is 60.6 Å². The molecule has 1 aliphatic carbocycles. The topological polar surface area (TPSA) is 73.0 Å². The zero-order valence-electron chi connectivity index (χ0n) is 17.9. The lowest BCUT2D eigenvalue weighted by Gasteiger charge is -2.19. The molecule has 1 aromatic carbocycles. The first-order valence-electron chi connectivity index (χ1n) is 10.3. The molecule has 1 fully saturated rings. The molecule has 1 N–H and O–H groups in total. The molecule has 6 nitrogen and oxygen atoms in total. The highest BCUT2D eigenvalue weighted by molar-refractivity contribution is 8.00. The van der Waals surface area contributed by atoms with Crippen molar-refractivity contribution in [2.24, 2.45) is 0 Å². The summed E-state index contributed by atoms with van der Waals surface area (Å²) >= 11 is 1.43. The van der Waals surface area contributed by atoms with Crippen LogP contribution < -0.4 is 5.32 Å². The Morgan fingerprint density at radius 3 is 2.57 bits per heavy atom. The normalized spacial score (nSPS) is 15.2. The number of hydrogen-bond acceptors (Lipinski definition) is 5. The predicted molar refractivity (Wildman–Crippen MR) is 118 cm³/mol. The number of thioether (sulfide) groups is 1. The number of amides is 1. The zero-order chi connectivity index (χ0) is 21.3. The number of aromatic nitrogens is 3. The summed E-state index contributed by atoms with van der Waals surface area (Å²) < 4.78 is 7.59. The molecule has 0 radical (unpaired) electrons. The summed E-state index contributed by atoms with van der Waals surface area (Å²) in [5.41, 5.74) is 2.35. The van der Waals surface area contributed by atoms with Gasteiger partial charge in [0, 0.05) is 11.6 Å². The fourth-order valence-corrected chi connectivity index (χ4v) is 4.03. The van der Waals surface area contributed by atoms with E-state index in [-0.39, 0.29) is 16.6 Å². The Balaban J connectivity index is 1.62. The standard InChI is InChI=1S/C23H28N4O2S/c1-15(21(28)24-18-11-12-18)30-22-26-25-20(27(22)14-19-6-5-13-29-19)16-7-9-17(10-8-16)23(2,3)4/h5-10,13,15,18H,11-12,14H2,1-4H3,(H,24,28)/t15-/m1/s1. The third kappa shape index (κ3) is 4.78. The minimum Gasteiger partial charge on any atom is -0.467 e. The highest BCUT2D eigenvalue weighted by Gasteiger charge is 2.27. The molecule has 30 heavy (non-hydrogen) atoms. The highest BCUT2D eigenvalue weighted by Crippen LogP contribution is 2.30. The number of rotatable bonds is 7. The molecule has 2 heterocycles. The molecule has 1 amide bonds. The molecule has 2 aromatic heterocycles. The number of hydrogen-bond donors (Lipinski definition) is 1. The summed E-state index contributed by atoms with van der Waals surface area (Å²) in [5, 5.41) is 12.4. The van der Waals surface area contributed by atoms with Crippen LogP contribution in [0.15, 0.2) is 52.2 Å². The van der Waals surface area contributed by atoms with Crippen molar-refractivity contribution in [2.45, 2.75) is 68.9 Å². The van der Waals surface area contributed by atoms with Gasteiger partial charge in [0.25, 0.3) is 0 Å². The Morgan fingerprint density at radius 1 is 1.23 bits per heavy atom. The summed E-state index contributed by atoms with van der Waals surface area (Å²) in [6, 6.07) is 12.6. The Labute approximate surface area is 181 Å². The van der Waals surface area contributed by atoms with Crippen LogP contribution in [0.2, 0.25) is 0 Å². The number of benzene rings is 1. The van der Waals surface area contributed by atoms with E-state index in [4.69, 9.17) is 4.42 Å². The van der Waals surface area contributed by atoms with Crippen molar-refractivity contribution in [2.75, 3.05) is 0 Å². The Hall–Kier alpha value is -2.54. The second-order valence-electron chi connectivity index (χ2n) is 8.84. The second kappa shape index (κ2) is 8.30. The SMILES string of the molecule is C[C@@H](Sc1nnc(-c2ccc(C(C)(C)C)cc2)n1Cc1ccco1)C(=O)NC1CC1. The fourth-order valence-electron chi connectivity index (χ4n) is 3.17. The third-order valence-electron chi connectivity index (χ3n) is 5.20. The van der Waals surface area contributed by atoms with E-state index in [1.165, 1.54) is 17.3 Å². The molecule has 0 spiro atoms. The van der Waals surface area contributed by atoms with Gasteiger partial charge in [-0.05, 0) is 42.9 Å². The lowest BCUT2D eigenvalue weighted by molar-refractivity contribution is -0.120. The van der Waals surface area contributed by atoms with E-state index < -0.39 is 0 Å². The van der Waals surface area contributed by atoms with Gasteiger partial charge in [0.1, 0.15) is 5.76 Å². The van der Waals surface area contributed by atoms with Crippen LogP contribution >= 0.6 is 11.8 Å². The number of nitrogens with zero attached hydrogens (tertiary/aromatic N) is 3. The van der Waals surface area contributed by atoms with Gasteiger partial charge in [-0.1, -0.05) is 56.8 Å². The van der Waals surface area contributed by atoms with Crippen molar-refractivity contribution in [1.29, 1.82) is 0 Å². The number of carbonyl (C=O) groups excluding carboxylic acids is 1. The Morgan fingerprint density at radius 2 is 1.97 bits per heavy atom. The molecule has 7 heteroatoms. The van der Waals surface area contributed by atoms with Crippen molar-refractivity contribution in [3.63, 3.8) is 0 Å². The summed E-state index contributed by atoms with van der Waals surface area (Å²) in [6.07, 6.45) is 3.81. The molecular weight excluding hydrogens is 396 g/mol. The zero-order valence-corrected chi connectivity index (χ0v) is 18.7. The summed E-state index contributed by atoms with van der Waals surface area (Å²) in [7, 11) is 0. The first-order chi connectivity index (χ1) is 14.3. The van der Waals surface area contributed by atoms with Gasteiger partial charge in [-0.25, -0.2) is 0 Å². The van der Waals surface area contributed by atoms with Crippen LogP contribution in [0.25, 0.3) is 11.4 Å². The molecule has 1 atom stereocenters. The average molecular weight is 425 g/mol. The van der Waals surface area contributed by atoms with Gasteiger partial charge >= 0.3 is 0 Å². The van der Waals surface area contributed by atoms with E-state index in [0.29, 0.717) is 17.7 Å². The van der Waals surface area contributed by atoms with Crippen LogP contribution in [-0.4, -0.2) is 32.0 Å². The maximum Gasteiger partial charge on any atom is 0.233 e. The van der Waals surface area contributed by atoms with Crippen LogP contribution in [0.1, 0.15) is 51.9 Å². The quantitative estimate of drug-likeness (QED) is 0.559. The van der Waals surface area contributed by atoms with Crippen LogP contribution in [0.3, 0.4) is 0 Å². The van der Waals surface area contributed by atoms with Crippen LogP contribution in [0, 0.1) is 0 Å². The summed E-state index contributed by atoms with van der Waals surface area (Å²) in [5.74, 6) is 1.63. The fraction of sp³-hybridized carbons (Fsp3) is 0.435. The molecule has 0 aliphatic heterocycles. The second-order valence-corrected chi connectivity index (χ2v) is 10.1. The number of carbonyl (C=O) groups is 1. The first-order valence-corrected chi connectivity index (χ1v) is 11.2. The predicted octanol–water partition coefficient (Wildman–Crippen LogP) is 4.64. The minimum atomic E-state index is -0.249. The smallest absolute Gasteiger partial charge is 0.233 e. The lowest BCUT2D eigenvalue weighted by Crippen LogP contribution is -2.32. The Bertz CT molecular complexity index is 999. The monoisotopic (exact) mass is 424 g/mol. The Kier molecular flexibility index (Phi) is 5.73. The van der Waals surface area contributed by atoms with Gasteiger partial charge in [-0.2, -0.15) is 0 Å². The van der Waals surface area contributed by atoms with Crippen molar-refractivity contribution in [3.8, 4) is 11.4 Å². The lowest BCUT2D eigenvalue weighted by atomic mass is 9.87. The van der Waals surface area contributed by atoms with E-state index in [1.54, 1.807) is 6.26 Å². The van der Waals surface area contributed by atoms with Gasteiger partial charge in [-0.15, -0.1) is 10.2 Å². The van der Waals surface area contributed by atoms with Gasteiger partial charge < -0.3 is 9.73 Å². The van der Waals surface area contributed by atoms with Gasteiger partial charge in [-0.3, -0.25) is 9.36 Å². The van der Waals surface area contributed by atoms with E-state index in [0.717, 1.165) is 30.0 Å². The molecule has 0 saturated heterocycles.